The number of nitrogens with zero attached hydrogens (tertiary/aromatic N) is 3. The summed E-state index contributed by atoms with van der Waals surface area (Å²) in [5.41, 5.74) is -1.46. The minimum absolute atomic E-state index is 0.114. The normalized spacial score (nSPS) is 18.1. The summed E-state index contributed by atoms with van der Waals surface area (Å²) < 4.78 is 38.4. The second-order valence-electron chi connectivity index (χ2n) is 7.02. The van der Waals surface area contributed by atoms with E-state index in [1.807, 2.05) is 0 Å². The lowest BCUT2D eigenvalue weighted by molar-refractivity contribution is -0.384. The van der Waals surface area contributed by atoms with Gasteiger partial charge < -0.3 is 10.2 Å². The van der Waals surface area contributed by atoms with Gasteiger partial charge >= 0.3 is 6.18 Å². The number of anilines is 1. The number of nitro benzene ring substituents is 1. The topological polar surface area (TPSA) is 61.7 Å². The maximum atomic E-state index is 12.8. The third kappa shape index (κ3) is 5.07. The molecule has 1 aliphatic heterocycles. The van der Waals surface area contributed by atoms with Gasteiger partial charge in [0.2, 0.25) is 0 Å². The van der Waals surface area contributed by atoms with Crippen molar-refractivity contribution in [3.05, 3.63) is 33.9 Å². The van der Waals surface area contributed by atoms with Crippen molar-refractivity contribution in [1.82, 2.24) is 9.80 Å². The number of halogens is 3. The fourth-order valence-electron chi connectivity index (χ4n) is 3.16. The highest BCUT2D eigenvalue weighted by atomic mass is 19.4. The largest absolute Gasteiger partial charge is 0.416 e. The van der Waals surface area contributed by atoms with Gasteiger partial charge in [0.15, 0.2) is 0 Å². The molecule has 0 unspecified atom stereocenters. The van der Waals surface area contributed by atoms with Gasteiger partial charge in [0.1, 0.15) is 5.69 Å². The number of piperazine rings is 1. The molecule has 0 amide bonds. The average Bonchev–Trinajstić information content (AvgIpc) is 2.55. The van der Waals surface area contributed by atoms with E-state index in [4.69, 9.17) is 0 Å². The van der Waals surface area contributed by atoms with Crippen molar-refractivity contribution in [1.29, 1.82) is 0 Å². The molecule has 1 N–H and O–H groups in total. The number of benzene rings is 1. The maximum Gasteiger partial charge on any atom is 0.416 e. The van der Waals surface area contributed by atoms with Crippen LogP contribution in [-0.4, -0.2) is 60.5 Å². The Morgan fingerprint density at radius 3 is 2.35 bits per heavy atom. The number of rotatable bonds is 6. The van der Waals surface area contributed by atoms with Crippen LogP contribution in [-0.2, 0) is 6.18 Å². The van der Waals surface area contributed by atoms with Crippen LogP contribution in [0.25, 0.3) is 0 Å². The fourth-order valence-corrected chi connectivity index (χ4v) is 3.16. The highest BCUT2D eigenvalue weighted by Crippen LogP contribution is 2.35. The second kappa shape index (κ2) is 8.22. The average molecular weight is 374 g/mol. The van der Waals surface area contributed by atoms with Crippen LogP contribution in [0.1, 0.15) is 19.4 Å². The van der Waals surface area contributed by atoms with Crippen LogP contribution in [0.15, 0.2) is 18.2 Å². The lowest BCUT2D eigenvalue weighted by atomic mass is 10.0. The van der Waals surface area contributed by atoms with E-state index >= 15 is 0 Å². The van der Waals surface area contributed by atoms with Crippen molar-refractivity contribution in [2.45, 2.75) is 26.1 Å². The summed E-state index contributed by atoms with van der Waals surface area (Å²) in [5, 5.41) is 14.2. The Labute approximate surface area is 151 Å². The number of nitrogens with one attached hydrogen (secondary N) is 1. The van der Waals surface area contributed by atoms with Gasteiger partial charge in [-0.1, -0.05) is 13.8 Å². The molecule has 1 atom stereocenters. The third-order valence-corrected chi connectivity index (χ3v) is 4.80. The monoisotopic (exact) mass is 374 g/mol. The van der Waals surface area contributed by atoms with E-state index < -0.39 is 22.4 Å². The number of alkyl halides is 3. The first-order valence-electron chi connectivity index (χ1n) is 8.61. The number of hydrogen-bond acceptors (Lipinski definition) is 5. The molecule has 0 spiro atoms. The first-order valence-corrected chi connectivity index (χ1v) is 8.61. The highest BCUT2D eigenvalue weighted by Gasteiger charge is 2.33. The molecule has 1 aromatic carbocycles. The zero-order chi connectivity index (χ0) is 19.5. The SMILES string of the molecule is CC(C)[C@H](CNc1ccc(C(F)(F)F)cc1[N+](=O)[O-])N1CCN(C)CC1. The van der Waals surface area contributed by atoms with E-state index in [0.717, 1.165) is 38.3 Å². The maximum absolute atomic E-state index is 12.8. The Kier molecular flexibility index (Phi) is 6.46. The van der Waals surface area contributed by atoms with Crippen molar-refractivity contribution in [3.63, 3.8) is 0 Å². The van der Waals surface area contributed by atoms with Crippen LogP contribution in [0.4, 0.5) is 24.5 Å². The Morgan fingerprint density at radius 1 is 1.23 bits per heavy atom. The summed E-state index contributed by atoms with van der Waals surface area (Å²) in [6, 6.07) is 2.74. The first-order chi connectivity index (χ1) is 12.1. The number of nitro groups is 1. The van der Waals surface area contributed by atoms with Gasteiger partial charge in [-0.25, -0.2) is 0 Å². The Bertz CT molecular complexity index is 629. The molecule has 1 fully saturated rings. The van der Waals surface area contributed by atoms with Gasteiger partial charge in [-0.05, 0) is 25.1 Å². The first kappa shape index (κ1) is 20.4. The van der Waals surface area contributed by atoms with Crippen LogP contribution in [0.2, 0.25) is 0 Å². The molecule has 0 radical (unpaired) electrons. The molecule has 6 nitrogen and oxygen atoms in total. The van der Waals surface area contributed by atoms with E-state index in [-0.39, 0.29) is 11.7 Å². The van der Waals surface area contributed by atoms with Crippen molar-refractivity contribution >= 4 is 11.4 Å². The molecule has 0 bridgehead atoms. The summed E-state index contributed by atoms with van der Waals surface area (Å²) in [4.78, 5) is 15.0. The molecule has 1 aromatic rings. The molecule has 146 valence electrons. The van der Waals surface area contributed by atoms with E-state index in [1.165, 1.54) is 0 Å². The van der Waals surface area contributed by atoms with Crippen LogP contribution in [0.3, 0.4) is 0 Å². The molecule has 1 aliphatic rings. The van der Waals surface area contributed by atoms with Crippen molar-refractivity contribution in [3.8, 4) is 0 Å². The predicted molar refractivity (Wildman–Crippen MR) is 94.3 cm³/mol. The number of likely N-dealkylation sites (N-methyl/N-ethyl adjacent to an activating group) is 1. The van der Waals surface area contributed by atoms with E-state index in [2.05, 4.69) is 36.0 Å². The zero-order valence-corrected chi connectivity index (χ0v) is 15.2. The van der Waals surface area contributed by atoms with Crippen molar-refractivity contribution < 1.29 is 18.1 Å². The molecule has 26 heavy (non-hydrogen) atoms. The lowest BCUT2D eigenvalue weighted by Gasteiger charge is -2.40. The summed E-state index contributed by atoms with van der Waals surface area (Å²) in [7, 11) is 2.06. The van der Waals surface area contributed by atoms with Gasteiger partial charge in [0.25, 0.3) is 5.69 Å². The molecule has 9 heteroatoms. The van der Waals surface area contributed by atoms with Crippen LogP contribution >= 0.6 is 0 Å². The molecule has 0 aliphatic carbocycles. The minimum Gasteiger partial charge on any atom is -0.378 e. The van der Waals surface area contributed by atoms with Gasteiger partial charge in [-0.3, -0.25) is 15.0 Å². The summed E-state index contributed by atoms with van der Waals surface area (Å²) in [6.07, 6.45) is -4.61. The molecular formula is C17H25F3N4O2. The summed E-state index contributed by atoms with van der Waals surface area (Å²) in [6.45, 7) is 8.28. The van der Waals surface area contributed by atoms with Crippen LogP contribution in [0.5, 0.6) is 0 Å². The smallest absolute Gasteiger partial charge is 0.378 e. The Morgan fingerprint density at radius 2 is 1.85 bits per heavy atom. The fraction of sp³-hybridized carbons (Fsp3) is 0.647. The molecule has 1 saturated heterocycles. The molecule has 0 saturated carbocycles. The summed E-state index contributed by atoms with van der Waals surface area (Å²) in [5.74, 6) is 0.305. The molecule has 0 aromatic heterocycles. The van der Waals surface area contributed by atoms with Crippen LogP contribution in [0, 0.1) is 16.0 Å². The van der Waals surface area contributed by atoms with Crippen LogP contribution < -0.4 is 5.32 Å². The van der Waals surface area contributed by atoms with Gasteiger partial charge in [-0.2, -0.15) is 13.2 Å². The number of hydrogen-bond donors (Lipinski definition) is 1. The Balaban J connectivity index is 2.14. The van der Waals surface area contributed by atoms with E-state index in [0.29, 0.717) is 18.5 Å². The predicted octanol–water partition coefficient (Wildman–Crippen LogP) is 3.30. The van der Waals surface area contributed by atoms with Gasteiger partial charge in [-0.15, -0.1) is 0 Å². The van der Waals surface area contributed by atoms with E-state index in [1.54, 1.807) is 0 Å². The third-order valence-electron chi connectivity index (χ3n) is 4.80. The quantitative estimate of drug-likeness (QED) is 0.612. The Hall–Kier alpha value is -1.87. The van der Waals surface area contributed by atoms with Gasteiger partial charge in [0, 0.05) is 44.8 Å². The summed E-state index contributed by atoms with van der Waals surface area (Å²) >= 11 is 0. The molecule has 2 rings (SSSR count). The highest BCUT2D eigenvalue weighted by molar-refractivity contribution is 5.63. The standard InChI is InChI=1S/C17H25F3N4O2/c1-12(2)16(23-8-6-22(3)7-9-23)11-21-14-5-4-13(17(18,19)20)10-15(14)24(25)26/h4-5,10,12,16,21H,6-9,11H2,1-3H3/t16-/m0/s1. The van der Waals surface area contributed by atoms with E-state index in [9.17, 15) is 23.3 Å². The van der Waals surface area contributed by atoms with Gasteiger partial charge in [0.05, 0.1) is 10.5 Å². The minimum atomic E-state index is -4.61. The zero-order valence-electron chi connectivity index (χ0n) is 15.2. The van der Waals surface area contributed by atoms with Crippen molar-refractivity contribution in [2.75, 3.05) is 45.1 Å². The molecular weight excluding hydrogens is 349 g/mol. The van der Waals surface area contributed by atoms with Crippen molar-refractivity contribution in [2.24, 2.45) is 5.92 Å². The lowest BCUT2D eigenvalue weighted by Crippen LogP contribution is -2.52. The molecule has 1 heterocycles. The second-order valence-corrected chi connectivity index (χ2v) is 7.02.